The van der Waals surface area contributed by atoms with E-state index < -0.39 is 0 Å². The van der Waals surface area contributed by atoms with Crippen LogP contribution in [0.4, 0.5) is 0 Å². The van der Waals surface area contributed by atoms with Gasteiger partial charge < -0.3 is 0 Å². The molecule has 13 rings (SSSR count). The number of rotatable bonds is 0. The lowest BCUT2D eigenvalue weighted by Gasteiger charge is -2.16. The zero-order valence-electron chi connectivity index (χ0n) is 25.9. The highest BCUT2D eigenvalue weighted by Crippen LogP contribution is 2.56. The molecule has 0 heteroatoms. The van der Waals surface area contributed by atoms with Crippen molar-refractivity contribution in [1.82, 2.24) is 0 Å². The van der Waals surface area contributed by atoms with E-state index in [0.717, 1.165) is 0 Å². The van der Waals surface area contributed by atoms with Crippen LogP contribution < -0.4 is 0 Å². The molecule has 0 unspecified atom stereocenters. The molecule has 0 amide bonds. The van der Waals surface area contributed by atoms with E-state index in [9.17, 15) is 0 Å². The molecule has 0 aromatic heterocycles. The number of benzene rings is 11. The Morgan fingerprint density at radius 1 is 0.188 bits per heavy atom. The molecular formula is C48H24. The maximum atomic E-state index is 2.48. The van der Waals surface area contributed by atoms with Gasteiger partial charge in [-0.2, -0.15) is 0 Å². The molecule has 2 aliphatic rings. The van der Waals surface area contributed by atoms with Gasteiger partial charge in [-0.25, -0.2) is 0 Å². The van der Waals surface area contributed by atoms with Crippen LogP contribution in [-0.2, 0) is 0 Å². The Kier molecular flexibility index (Phi) is 4.00. The molecule has 0 heterocycles. The van der Waals surface area contributed by atoms with Gasteiger partial charge in [0.2, 0.25) is 0 Å². The van der Waals surface area contributed by atoms with Crippen molar-refractivity contribution in [2.45, 2.75) is 0 Å². The van der Waals surface area contributed by atoms with Crippen LogP contribution >= 0.6 is 0 Å². The van der Waals surface area contributed by atoms with Gasteiger partial charge in [-0.3, -0.25) is 0 Å². The summed E-state index contributed by atoms with van der Waals surface area (Å²) in [7, 11) is 0. The van der Waals surface area contributed by atoms with E-state index in [-0.39, 0.29) is 0 Å². The van der Waals surface area contributed by atoms with Crippen molar-refractivity contribution in [3.8, 4) is 44.5 Å². The molecule has 11 aromatic carbocycles. The quantitative estimate of drug-likeness (QED) is 0.120. The third-order valence-electron chi connectivity index (χ3n) is 11.8. The fourth-order valence-electron chi connectivity index (χ4n) is 9.87. The highest BCUT2D eigenvalue weighted by Gasteiger charge is 2.29. The zero-order chi connectivity index (χ0) is 30.8. The van der Waals surface area contributed by atoms with Gasteiger partial charge in [0, 0.05) is 0 Å². The standard InChI is InChI=1S/C48H24/c1-2-8-26-22-40-36-18-14-32-34-16-20-38-44-24-42-30-12-6-4-10-28(30)27-9-3-5-11-29(27)41(42)23-43(44)37-19-15-33(46(34)48(37)38)31-13-17-35(47(36)45(31)32)39(40)21-25(26)7-1/h1-24H. The first-order chi connectivity index (χ1) is 23.8. The van der Waals surface area contributed by atoms with Crippen LogP contribution in [-0.4, -0.2) is 0 Å². The molecule has 2 aliphatic carbocycles. The number of hydrogen-bond acceptors (Lipinski definition) is 0. The SMILES string of the molecule is c1ccc2cc3c(cc2c1)-c1ccc2c4ccc5c6c(ccc(c7ccc-3c1c27)c64)-c1cc2c3ccccc3c3ccccc3c2cc1-5. The van der Waals surface area contributed by atoms with E-state index in [1.807, 2.05) is 0 Å². The lowest BCUT2D eigenvalue weighted by Crippen LogP contribution is -1.88. The number of fused-ring (bicyclic) bond motifs is 15. The first-order valence-corrected chi connectivity index (χ1v) is 16.9. The Balaban J connectivity index is 1.15. The molecule has 216 valence electrons. The molecule has 0 radical (unpaired) electrons. The van der Waals surface area contributed by atoms with Gasteiger partial charge in [-0.05, 0) is 155 Å². The van der Waals surface area contributed by atoms with Crippen molar-refractivity contribution in [3.63, 3.8) is 0 Å². The first-order valence-electron chi connectivity index (χ1n) is 16.9. The second-order valence-electron chi connectivity index (χ2n) is 13.9. The molecule has 0 nitrogen and oxygen atoms in total. The summed E-state index contributed by atoms with van der Waals surface area (Å²) in [5.41, 5.74) is 10.9. The monoisotopic (exact) mass is 600 g/mol. The van der Waals surface area contributed by atoms with Crippen LogP contribution in [0.15, 0.2) is 146 Å². The second kappa shape index (κ2) is 8.00. The average Bonchev–Trinajstić information content (AvgIpc) is 3.64. The minimum atomic E-state index is 1.30. The second-order valence-corrected chi connectivity index (χ2v) is 13.9. The molecule has 0 saturated carbocycles. The average molecular weight is 601 g/mol. The van der Waals surface area contributed by atoms with E-state index in [1.54, 1.807) is 0 Å². The summed E-state index contributed by atoms with van der Waals surface area (Å²) in [5.74, 6) is 0. The van der Waals surface area contributed by atoms with Crippen LogP contribution in [0.25, 0.3) is 131 Å². The summed E-state index contributed by atoms with van der Waals surface area (Å²) < 4.78 is 0. The third-order valence-corrected chi connectivity index (χ3v) is 11.8. The Labute approximate surface area is 275 Å². The Bertz CT molecular complexity index is 3110. The van der Waals surface area contributed by atoms with E-state index in [1.165, 1.54) is 131 Å². The summed E-state index contributed by atoms with van der Waals surface area (Å²) in [5, 5.41) is 21.6. The maximum Gasteiger partial charge on any atom is -0.00139 e. The van der Waals surface area contributed by atoms with Crippen molar-refractivity contribution in [2.75, 3.05) is 0 Å². The molecule has 0 atom stereocenters. The lowest BCUT2D eigenvalue weighted by molar-refractivity contribution is 1.73. The fraction of sp³-hybridized carbons (Fsp3) is 0. The van der Waals surface area contributed by atoms with Gasteiger partial charge in [-0.1, -0.05) is 121 Å². The molecule has 0 bridgehead atoms. The molecule has 0 N–H and O–H groups in total. The molecule has 11 aromatic rings. The summed E-state index contributed by atoms with van der Waals surface area (Å²) in [6.45, 7) is 0. The first kappa shape index (κ1) is 24.0. The van der Waals surface area contributed by atoms with Gasteiger partial charge in [0.25, 0.3) is 0 Å². The van der Waals surface area contributed by atoms with Gasteiger partial charge in [0.15, 0.2) is 0 Å². The smallest absolute Gasteiger partial charge is 0.00139 e. The molecule has 0 saturated heterocycles. The van der Waals surface area contributed by atoms with Gasteiger partial charge in [-0.15, -0.1) is 0 Å². The maximum absolute atomic E-state index is 2.48. The molecule has 0 fully saturated rings. The number of hydrogen-bond donors (Lipinski definition) is 0. The zero-order valence-corrected chi connectivity index (χ0v) is 25.9. The normalized spacial score (nSPS) is 13.0. The highest BCUT2D eigenvalue weighted by molar-refractivity contribution is 6.40. The molecule has 0 spiro atoms. The van der Waals surface area contributed by atoms with E-state index >= 15 is 0 Å². The Morgan fingerprint density at radius 2 is 0.500 bits per heavy atom. The van der Waals surface area contributed by atoms with Crippen LogP contribution in [0.2, 0.25) is 0 Å². The van der Waals surface area contributed by atoms with Gasteiger partial charge in [0.05, 0.1) is 0 Å². The summed E-state index contributed by atoms with van der Waals surface area (Å²) >= 11 is 0. The van der Waals surface area contributed by atoms with Crippen molar-refractivity contribution in [2.24, 2.45) is 0 Å². The van der Waals surface area contributed by atoms with Crippen LogP contribution in [0, 0.1) is 0 Å². The molecular weight excluding hydrogens is 577 g/mol. The van der Waals surface area contributed by atoms with E-state index in [4.69, 9.17) is 0 Å². The minimum Gasteiger partial charge on any atom is -0.0616 e. The Morgan fingerprint density at radius 3 is 0.875 bits per heavy atom. The van der Waals surface area contributed by atoms with Crippen LogP contribution in [0.3, 0.4) is 0 Å². The van der Waals surface area contributed by atoms with E-state index in [2.05, 4.69) is 146 Å². The highest BCUT2D eigenvalue weighted by atomic mass is 14.3. The van der Waals surface area contributed by atoms with Crippen molar-refractivity contribution in [3.05, 3.63) is 146 Å². The lowest BCUT2D eigenvalue weighted by atomic mass is 9.86. The summed E-state index contributed by atoms with van der Waals surface area (Å²) in [6.07, 6.45) is 0. The summed E-state index contributed by atoms with van der Waals surface area (Å²) in [4.78, 5) is 0. The van der Waals surface area contributed by atoms with Gasteiger partial charge in [0.1, 0.15) is 0 Å². The van der Waals surface area contributed by atoms with Crippen LogP contribution in [0.5, 0.6) is 0 Å². The third kappa shape index (κ3) is 2.63. The largest absolute Gasteiger partial charge is 0.0616 e. The van der Waals surface area contributed by atoms with Crippen molar-refractivity contribution in [1.29, 1.82) is 0 Å². The van der Waals surface area contributed by atoms with Crippen LogP contribution in [0.1, 0.15) is 0 Å². The predicted molar refractivity (Wildman–Crippen MR) is 207 cm³/mol. The minimum absolute atomic E-state index is 1.30. The van der Waals surface area contributed by atoms with Crippen molar-refractivity contribution < 1.29 is 0 Å². The molecule has 0 aliphatic heterocycles. The predicted octanol–water partition coefficient (Wildman–Crippen LogP) is 13.6. The summed E-state index contributed by atoms with van der Waals surface area (Å²) in [6, 6.07) is 55.5. The topological polar surface area (TPSA) is 0 Å². The van der Waals surface area contributed by atoms with Crippen molar-refractivity contribution >= 4 is 86.2 Å². The van der Waals surface area contributed by atoms with E-state index in [0.29, 0.717) is 0 Å². The Hall–Kier alpha value is -6.24. The fourth-order valence-corrected chi connectivity index (χ4v) is 9.87. The molecule has 48 heavy (non-hydrogen) atoms. The van der Waals surface area contributed by atoms with Gasteiger partial charge >= 0.3 is 0 Å².